The van der Waals surface area contributed by atoms with E-state index in [0.717, 1.165) is 18.9 Å². The number of hydrogen-bond donors (Lipinski definition) is 2. The molecule has 8 heteroatoms. The van der Waals surface area contributed by atoms with Crippen molar-refractivity contribution >= 4 is 11.7 Å². The molecule has 2 rings (SSSR count). The Hall–Kier alpha value is -1.96. The third-order valence-electron chi connectivity index (χ3n) is 3.37. The van der Waals surface area contributed by atoms with Gasteiger partial charge in [0, 0.05) is 13.2 Å². The lowest BCUT2D eigenvalue weighted by molar-refractivity contribution is -0.137. The fourth-order valence-corrected chi connectivity index (χ4v) is 2.30. The zero-order chi connectivity index (χ0) is 16.9. The van der Waals surface area contributed by atoms with Crippen LogP contribution in [0.15, 0.2) is 18.2 Å². The average Bonchev–Trinajstić information content (AvgIpc) is 2.99. The van der Waals surface area contributed by atoms with Crippen LogP contribution >= 0.6 is 0 Å². The third-order valence-corrected chi connectivity index (χ3v) is 3.37. The van der Waals surface area contributed by atoms with E-state index in [9.17, 15) is 18.0 Å². The fourth-order valence-electron chi connectivity index (χ4n) is 2.30. The molecule has 0 unspecified atom stereocenters. The molecular weight excluding hydrogens is 313 g/mol. The van der Waals surface area contributed by atoms with Crippen molar-refractivity contribution in [3.05, 3.63) is 23.8 Å². The predicted octanol–water partition coefficient (Wildman–Crippen LogP) is 3.40. The van der Waals surface area contributed by atoms with E-state index in [2.05, 4.69) is 10.6 Å². The quantitative estimate of drug-likeness (QED) is 0.869. The molecular formula is C15H19F3N2O3. The number of carbonyl (C=O) groups is 1. The van der Waals surface area contributed by atoms with Gasteiger partial charge in [0.1, 0.15) is 5.75 Å². The summed E-state index contributed by atoms with van der Waals surface area (Å²) in [6, 6.07) is 2.74. The highest BCUT2D eigenvalue weighted by Gasteiger charge is 2.34. The number of anilines is 1. The van der Waals surface area contributed by atoms with Crippen LogP contribution < -0.4 is 15.4 Å². The van der Waals surface area contributed by atoms with Gasteiger partial charge < -0.3 is 20.1 Å². The molecule has 1 fully saturated rings. The third kappa shape index (κ3) is 5.02. The average molecular weight is 332 g/mol. The van der Waals surface area contributed by atoms with Crippen molar-refractivity contribution in [1.82, 2.24) is 5.32 Å². The minimum Gasteiger partial charge on any atom is -0.494 e. The summed E-state index contributed by atoms with van der Waals surface area (Å²) in [5.41, 5.74) is -1.26. The molecule has 1 aliphatic heterocycles. The Labute approximate surface area is 132 Å². The highest BCUT2D eigenvalue weighted by atomic mass is 19.4. The van der Waals surface area contributed by atoms with E-state index < -0.39 is 17.8 Å². The molecule has 1 heterocycles. The van der Waals surface area contributed by atoms with Crippen LogP contribution in [0.4, 0.5) is 23.7 Å². The monoisotopic (exact) mass is 332 g/mol. The smallest absolute Gasteiger partial charge is 0.418 e. The molecule has 128 valence electrons. The second-order valence-electron chi connectivity index (χ2n) is 5.11. The predicted molar refractivity (Wildman–Crippen MR) is 78.6 cm³/mol. The lowest BCUT2D eigenvalue weighted by atomic mass is 10.1. The van der Waals surface area contributed by atoms with Crippen LogP contribution in [0.1, 0.15) is 25.3 Å². The maximum atomic E-state index is 13.1. The van der Waals surface area contributed by atoms with E-state index in [4.69, 9.17) is 9.47 Å². The number of nitrogens with one attached hydrogen (secondary N) is 2. The molecule has 0 saturated carbocycles. The Morgan fingerprint density at radius 3 is 2.83 bits per heavy atom. The maximum absolute atomic E-state index is 13.1. The van der Waals surface area contributed by atoms with Crippen molar-refractivity contribution in [3.8, 4) is 5.75 Å². The van der Waals surface area contributed by atoms with Crippen LogP contribution in [0, 0.1) is 0 Å². The molecule has 1 aliphatic rings. The van der Waals surface area contributed by atoms with Gasteiger partial charge in [-0.25, -0.2) is 4.79 Å². The normalized spacial score (nSPS) is 17.8. The van der Waals surface area contributed by atoms with Crippen LogP contribution in [0.25, 0.3) is 0 Å². The van der Waals surface area contributed by atoms with Crippen molar-refractivity contribution in [1.29, 1.82) is 0 Å². The van der Waals surface area contributed by atoms with Crippen LogP contribution in [0.5, 0.6) is 5.75 Å². The number of hydrogen-bond acceptors (Lipinski definition) is 3. The second-order valence-corrected chi connectivity index (χ2v) is 5.11. The minimum atomic E-state index is -4.59. The first-order chi connectivity index (χ1) is 10.9. The summed E-state index contributed by atoms with van der Waals surface area (Å²) in [6.45, 7) is 2.85. The first kappa shape index (κ1) is 17.4. The largest absolute Gasteiger partial charge is 0.494 e. The number of urea groups is 1. The first-order valence-corrected chi connectivity index (χ1v) is 7.40. The Bertz CT molecular complexity index is 543. The summed E-state index contributed by atoms with van der Waals surface area (Å²) < 4.78 is 49.7. The van der Waals surface area contributed by atoms with Crippen LogP contribution in [0.3, 0.4) is 0 Å². The number of halogens is 3. The number of carbonyl (C=O) groups excluding carboxylic acids is 1. The molecule has 23 heavy (non-hydrogen) atoms. The van der Waals surface area contributed by atoms with Crippen LogP contribution in [0.2, 0.25) is 0 Å². The van der Waals surface area contributed by atoms with Gasteiger partial charge >= 0.3 is 12.2 Å². The van der Waals surface area contributed by atoms with Crippen molar-refractivity contribution < 1.29 is 27.4 Å². The lowest BCUT2D eigenvalue weighted by Gasteiger charge is -2.16. The summed E-state index contributed by atoms with van der Waals surface area (Å²) in [5, 5.41) is 4.75. The summed E-state index contributed by atoms with van der Waals surface area (Å²) in [7, 11) is 0. The first-order valence-electron chi connectivity index (χ1n) is 7.40. The number of benzene rings is 1. The maximum Gasteiger partial charge on any atom is 0.418 e. The Balaban J connectivity index is 2.03. The zero-order valence-electron chi connectivity index (χ0n) is 12.7. The number of rotatable bonds is 5. The van der Waals surface area contributed by atoms with Gasteiger partial charge in [-0.1, -0.05) is 0 Å². The van der Waals surface area contributed by atoms with Crippen molar-refractivity contribution in [2.24, 2.45) is 0 Å². The lowest BCUT2D eigenvalue weighted by Crippen LogP contribution is -2.35. The summed E-state index contributed by atoms with van der Waals surface area (Å²) in [5.74, 6) is 0.102. The minimum absolute atomic E-state index is 0.0804. The molecule has 0 aliphatic carbocycles. The molecule has 0 aromatic heterocycles. The number of ether oxygens (including phenoxy) is 2. The van der Waals surface area contributed by atoms with Crippen molar-refractivity contribution in [2.75, 3.05) is 25.1 Å². The van der Waals surface area contributed by atoms with E-state index in [1.54, 1.807) is 6.92 Å². The van der Waals surface area contributed by atoms with Gasteiger partial charge in [0.2, 0.25) is 0 Å². The Morgan fingerprint density at radius 2 is 2.22 bits per heavy atom. The van der Waals surface area contributed by atoms with Crippen LogP contribution in [-0.2, 0) is 10.9 Å². The second kappa shape index (κ2) is 7.54. The van der Waals surface area contributed by atoms with Gasteiger partial charge in [0.25, 0.3) is 0 Å². The fraction of sp³-hybridized carbons (Fsp3) is 0.533. The molecule has 1 atom stereocenters. The Kier molecular flexibility index (Phi) is 5.70. The van der Waals surface area contributed by atoms with Crippen LogP contribution in [-0.4, -0.2) is 31.9 Å². The van der Waals surface area contributed by atoms with E-state index in [-0.39, 0.29) is 30.7 Å². The van der Waals surface area contributed by atoms with Gasteiger partial charge in [-0.05, 0) is 38.0 Å². The highest BCUT2D eigenvalue weighted by Crippen LogP contribution is 2.37. The highest BCUT2D eigenvalue weighted by molar-refractivity contribution is 5.90. The van der Waals surface area contributed by atoms with Gasteiger partial charge in [-0.2, -0.15) is 13.2 Å². The SMILES string of the molecule is CCOc1ccc(NC(=O)NC[C@H]2CCCO2)c(C(F)(F)F)c1. The molecule has 0 radical (unpaired) electrons. The molecule has 2 N–H and O–H groups in total. The molecule has 2 amide bonds. The molecule has 0 bridgehead atoms. The van der Waals surface area contributed by atoms with E-state index in [1.165, 1.54) is 12.1 Å². The van der Waals surface area contributed by atoms with Gasteiger partial charge in [-0.3, -0.25) is 0 Å². The standard InChI is InChI=1S/C15H19F3N2O3/c1-2-22-10-5-6-13(12(8-10)15(16,17)18)20-14(21)19-9-11-4-3-7-23-11/h5-6,8,11H,2-4,7,9H2,1H3,(H2,19,20,21)/t11-/m1/s1. The van der Waals surface area contributed by atoms with Gasteiger partial charge in [0.05, 0.1) is 24.0 Å². The molecule has 1 aromatic carbocycles. The summed E-state index contributed by atoms with van der Waals surface area (Å²) in [4.78, 5) is 11.8. The zero-order valence-corrected chi connectivity index (χ0v) is 12.7. The molecule has 5 nitrogen and oxygen atoms in total. The topological polar surface area (TPSA) is 59.6 Å². The van der Waals surface area contributed by atoms with Crippen molar-refractivity contribution in [3.63, 3.8) is 0 Å². The molecule has 1 saturated heterocycles. The number of alkyl halides is 3. The van der Waals surface area contributed by atoms with Gasteiger partial charge in [0.15, 0.2) is 0 Å². The summed E-state index contributed by atoms with van der Waals surface area (Å²) in [6.07, 6.45) is -2.92. The van der Waals surface area contributed by atoms with E-state index in [0.29, 0.717) is 6.61 Å². The molecule has 0 spiro atoms. The van der Waals surface area contributed by atoms with Crippen molar-refractivity contribution in [2.45, 2.75) is 32.0 Å². The molecule has 1 aromatic rings. The Morgan fingerprint density at radius 1 is 1.43 bits per heavy atom. The summed E-state index contributed by atoms with van der Waals surface area (Å²) >= 11 is 0. The number of amides is 2. The van der Waals surface area contributed by atoms with Gasteiger partial charge in [-0.15, -0.1) is 0 Å². The van der Waals surface area contributed by atoms with E-state index >= 15 is 0 Å². The van der Waals surface area contributed by atoms with E-state index in [1.807, 2.05) is 0 Å².